The van der Waals surface area contributed by atoms with Crippen LogP contribution in [0.1, 0.15) is 55.9 Å². The van der Waals surface area contributed by atoms with E-state index in [-0.39, 0.29) is 0 Å². The maximum atomic E-state index is 4.05. The molecule has 1 saturated carbocycles. The standard InChI is InChI=1S/C17H26N2S/c1-19-14-4-2-5-15(19)11-13(10-14)18-17(12-7-8-12)16-6-3-9-20-16/h3,6,9,12-15,17-18H,2,4-5,7-8,10-11H2,1H3. The van der Waals surface area contributed by atoms with E-state index in [0.29, 0.717) is 6.04 Å². The second-order valence-corrected chi connectivity index (χ2v) is 8.05. The van der Waals surface area contributed by atoms with Gasteiger partial charge in [0.15, 0.2) is 0 Å². The van der Waals surface area contributed by atoms with Crippen molar-refractivity contribution in [3.05, 3.63) is 22.4 Å². The van der Waals surface area contributed by atoms with E-state index < -0.39 is 0 Å². The molecule has 3 heterocycles. The van der Waals surface area contributed by atoms with Gasteiger partial charge in [-0.05, 0) is 62.9 Å². The van der Waals surface area contributed by atoms with E-state index in [1.165, 1.54) is 44.9 Å². The molecule has 3 fully saturated rings. The molecule has 2 bridgehead atoms. The van der Waals surface area contributed by atoms with E-state index in [2.05, 4.69) is 34.8 Å². The summed E-state index contributed by atoms with van der Waals surface area (Å²) in [6.45, 7) is 0. The SMILES string of the molecule is CN1C2CCCC1CC(NC(c1cccs1)C1CC1)C2. The summed E-state index contributed by atoms with van der Waals surface area (Å²) in [6.07, 6.45) is 9.85. The van der Waals surface area contributed by atoms with Crippen LogP contribution in [-0.2, 0) is 0 Å². The Morgan fingerprint density at radius 1 is 1.20 bits per heavy atom. The van der Waals surface area contributed by atoms with Gasteiger partial charge >= 0.3 is 0 Å². The monoisotopic (exact) mass is 290 g/mol. The Morgan fingerprint density at radius 3 is 2.55 bits per heavy atom. The molecule has 0 amide bonds. The Morgan fingerprint density at radius 2 is 1.95 bits per heavy atom. The first-order valence-electron chi connectivity index (χ1n) is 8.32. The van der Waals surface area contributed by atoms with E-state index in [4.69, 9.17) is 0 Å². The second-order valence-electron chi connectivity index (χ2n) is 7.07. The molecule has 1 aliphatic carbocycles. The van der Waals surface area contributed by atoms with Crippen LogP contribution in [0.2, 0.25) is 0 Å². The maximum absolute atomic E-state index is 4.05. The molecule has 1 aromatic rings. The van der Waals surface area contributed by atoms with Gasteiger partial charge in [0.25, 0.3) is 0 Å². The Hall–Kier alpha value is -0.380. The lowest BCUT2D eigenvalue weighted by molar-refractivity contribution is 0.0451. The van der Waals surface area contributed by atoms with Crippen molar-refractivity contribution >= 4 is 11.3 Å². The summed E-state index contributed by atoms with van der Waals surface area (Å²) >= 11 is 1.94. The number of nitrogens with zero attached hydrogens (tertiary/aromatic N) is 1. The Balaban J connectivity index is 1.45. The van der Waals surface area contributed by atoms with Gasteiger partial charge in [0.1, 0.15) is 0 Å². The Bertz CT molecular complexity index is 426. The van der Waals surface area contributed by atoms with E-state index in [9.17, 15) is 0 Å². The molecule has 3 heteroatoms. The van der Waals surface area contributed by atoms with Gasteiger partial charge in [-0.15, -0.1) is 11.3 Å². The number of nitrogens with one attached hydrogen (secondary N) is 1. The molecule has 0 spiro atoms. The predicted molar refractivity (Wildman–Crippen MR) is 85.1 cm³/mol. The van der Waals surface area contributed by atoms with Gasteiger partial charge in [-0.2, -0.15) is 0 Å². The fraction of sp³-hybridized carbons (Fsp3) is 0.765. The minimum absolute atomic E-state index is 0.643. The number of hydrogen-bond acceptors (Lipinski definition) is 3. The lowest BCUT2D eigenvalue weighted by Crippen LogP contribution is -2.55. The molecule has 0 aromatic carbocycles. The fourth-order valence-electron chi connectivity index (χ4n) is 4.35. The van der Waals surface area contributed by atoms with Gasteiger partial charge in [-0.25, -0.2) is 0 Å². The molecule has 4 rings (SSSR count). The van der Waals surface area contributed by atoms with Crippen molar-refractivity contribution in [1.82, 2.24) is 10.2 Å². The number of hydrogen-bond donors (Lipinski definition) is 1. The van der Waals surface area contributed by atoms with Crippen molar-refractivity contribution in [3.63, 3.8) is 0 Å². The number of piperidine rings is 2. The second kappa shape index (κ2) is 5.43. The number of fused-ring (bicyclic) bond motifs is 2. The highest BCUT2D eigenvalue weighted by Crippen LogP contribution is 2.43. The maximum Gasteiger partial charge on any atom is 0.0445 e. The van der Waals surface area contributed by atoms with Gasteiger partial charge in [-0.1, -0.05) is 12.5 Å². The fourth-order valence-corrected chi connectivity index (χ4v) is 5.23. The van der Waals surface area contributed by atoms with Crippen LogP contribution >= 0.6 is 11.3 Å². The first-order valence-corrected chi connectivity index (χ1v) is 9.20. The van der Waals surface area contributed by atoms with Crippen molar-refractivity contribution in [2.24, 2.45) is 5.92 Å². The van der Waals surface area contributed by atoms with Crippen molar-refractivity contribution < 1.29 is 0 Å². The summed E-state index contributed by atoms with van der Waals surface area (Å²) in [7, 11) is 2.35. The van der Waals surface area contributed by atoms with E-state index in [0.717, 1.165) is 24.0 Å². The normalized spacial score (nSPS) is 36.0. The third-order valence-electron chi connectivity index (χ3n) is 5.70. The van der Waals surface area contributed by atoms with Crippen LogP contribution in [0.4, 0.5) is 0 Å². The summed E-state index contributed by atoms with van der Waals surface area (Å²) in [5.41, 5.74) is 0. The molecule has 1 aromatic heterocycles. The largest absolute Gasteiger partial charge is 0.306 e. The van der Waals surface area contributed by atoms with Gasteiger partial charge in [0.05, 0.1) is 0 Å². The van der Waals surface area contributed by atoms with Gasteiger partial charge in [0.2, 0.25) is 0 Å². The molecule has 2 nitrogen and oxygen atoms in total. The average molecular weight is 290 g/mol. The smallest absolute Gasteiger partial charge is 0.0445 e. The average Bonchev–Trinajstić information content (AvgIpc) is 3.11. The van der Waals surface area contributed by atoms with Gasteiger partial charge < -0.3 is 10.2 Å². The van der Waals surface area contributed by atoms with E-state index >= 15 is 0 Å². The van der Waals surface area contributed by atoms with Crippen LogP contribution in [-0.4, -0.2) is 30.1 Å². The number of rotatable bonds is 4. The summed E-state index contributed by atoms with van der Waals surface area (Å²) < 4.78 is 0. The zero-order valence-corrected chi connectivity index (χ0v) is 13.2. The summed E-state index contributed by atoms with van der Waals surface area (Å²) in [4.78, 5) is 4.23. The third kappa shape index (κ3) is 2.56. The van der Waals surface area contributed by atoms with Crippen LogP contribution in [0, 0.1) is 5.92 Å². The van der Waals surface area contributed by atoms with Crippen molar-refractivity contribution in [2.75, 3.05) is 7.05 Å². The molecule has 3 unspecified atom stereocenters. The quantitative estimate of drug-likeness (QED) is 0.907. The van der Waals surface area contributed by atoms with Crippen molar-refractivity contribution in [2.45, 2.75) is 69.1 Å². The van der Waals surface area contributed by atoms with Crippen LogP contribution < -0.4 is 5.32 Å². The molecule has 110 valence electrons. The first-order chi connectivity index (χ1) is 9.81. The highest BCUT2D eigenvalue weighted by molar-refractivity contribution is 7.10. The highest BCUT2D eigenvalue weighted by atomic mass is 32.1. The minimum atomic E-state index is 0.643. The summed E-state index contributed by atoms with van der Waals surface area (Å²) in [5, 5.41) is 6.29. The molecule has 2 aliphatic heterocycles. The zero-order chi connectivity index (χ0) is 13.5. The predicted octanol–water partition coefficient (Wildman–Crippen LogP) is 3.80. The molecule has 0 radical (unpaired) electrons. The van der Waals surface area contributed by atoms with Crippen LogP contribution in [0.15, 0.2) is 17.5 Å². The molecular formula is C17H26N2S. The van der Waals surface area contributed by atoms with Gasteiger partial charge in [-0.3, -0.25) is 0 Å². The zero-order valence-electron chi connectivity index (χ0n) is 12.4. The molecule has 3 aliphatic rings. The topological polar surface area (TPSA) is 15.3 Å². The molecule has 2 saturated heterocycles. The minimum Gasteiger partial charge on any atom is -0.306 e. The van der Waals surface area contributed by atoms with Gasteiger partial charge in [0, 0.05) is 29.0 Å². The van der Waals surface area contributed by atoms with Crippen LogP contribution in [0.5, 0.6) is 0 Å². The lowest BCUT2D eigenvalue weighted by atomic mass is 9.82. The number of thiophene rings is 1. The summed E-state index contributed by atoms with van der Waals surface area (Å²) in [6, 6.07) is 7.60. The molecule has 1 N–H and O–H groups in total. The molecule has 3 atom stereocenters. The van der Waals surface area contributed by atoms with Crippen molar-refractivity contribution in [3.8, 4) is 0 Å². The van der Waals surface area contributed by atoms with Crippen molar-refractivity contribution in [1.29, 1.82) is 0 Å². The molecular weight excluding hydrogens is 264 g/mol. The summed E-state index contributed by atoms with van der Waals surface area (Å²) in [5.74, 6) is 0.910. The first kappa shape index (κ1) is 13.3. The Labute approximate surface area is 126 Å². The highest BCUT2D eigenvalue weighted by Gasteiger charge is 2.39. The molecule has 20 heavy (non-hydrogen) atoms. The van der Waals surface area contributed by atoms with Crippen LogP contribution in [0.3, 0.4) is 0 Å². The van der Waals surface area contributed by atoms with E-state index in [1.54, 1.807) is 4.88 Å². The third-order valence-corrected chi connectivity index (χ3v) is 6.65. The Kier molecular flexibility index (Phi) is 3.61. The van der Waals surface area contributed by atoms with Crippen LogP contribution in [0.25, 0.3) is 0 Å². The van der Waals surface area contributed by atoms with E-state index in [1.807, 2.05) is 11.3 Å². The lowest BCUT2D eigenvalue weighted by Gasteiger charge is -2.48.